The van der Waals surface area contributed by atoms with Gasteiger partial charge in [-0.15, -0.1) is 0 Å². The van der Waals surface area contributed by atoms with Crippen LogP contribution < -0.4 is 4.72 Å². The maximum absolute atomic E-state index is 11.9. The Kier molecular flexibility index (Phi) is 4.75. The summed E-state index contributed by atoms with van der Waals surface area (Å²) in [6, 6.07) is 5.21. The predicted octanol–water partition coefficient (Wildman–Crippen LogP) is 2.06. The van der Waals surface area contributed by atoms with Gasteiger partial charge in [-0.25, -0.2) is 8.42 Å². The molecule has 0 aliphatic rings. The highest BCUT2D eigenvalue weighted by atomic mass is 79.9. The molecule has 0 aliphatic carbocycles. The van der Waals surface area contributed by atoms with E-state index in [-0.39, 0.29) is 0 Å². The zero-order valence-electron chi connectivity index (χ0n) is 10.2. The second kappa shape index (κ2) is 5.71. The fourth-order valence-corrected chi connectivity index (χ4v) is 2.65. The molecule has 1 rings (SSSR count). The number of hydrogen-bond acceptors (Lipinski definition) is 4. The second-order valence-electron chi connectivity index (χ2n) is 3.77. The van der Waals surface area contributed by atoms with Crippen LogP contribution in [0, 0.1) is 6.92 Å². The highest BCUT2D eigenvalue weighted by molar-refractivity contribution is 9.10. The SMILES string of the molecule is COC(=O)C(C)S(=O)(=O)Nc1cc(Br)ccc1C. The van der Waals surface area contributed by atoms with Crippen molar-refractivity contribution in [2.24, 2.45) is 0 Å². The topological polar surface area (TPSA) is 72.5 Å². The number of methoxy groups -OCH3 is 1. The van der Waals surface area contributed by atoms with Gasteiger partial charge in [0.25, 0.3) is 0 Å². The summed E-state index contributed by atoms with van der Waals surface area (Å²) in [6.45, 7) is 3.05. The lowest BCUT2D eigenvalue weighted by molar-refractivity contribution is -0.139. The smallest absolute Gasteiger partial charge is 0.325 e. The predicted molar refractivity (Wildman–Crippen MR) is 72.9 cm³/mol. The number of nitrogens with one attached hydrogen (secondary N) is 1. The monoisotopic (exact) mass is 335 g/mol. The van der Waals surface area contributed by atoms with Crippen LogP contribution in [0.25, 0.3) is 0 Å². The molecule has 0 saturated carbocycles. The third-order valence-electron chi connectivity index (χ3n) is 2.45. The minimum absolute atomic E-state index is 0.431. The number of carbonyl (C=O) groups is 1. The Morgan fingerprint density at radius 3 is 2.61 bits per heavy atom. The molecule has 0 aromatic heterocycles. The van der Waals surface area contributed by atoms with Crippen LogP contribution in [0.5, 0.6) is 0 Å². The van der Waals surface area contributed by atoms with Crippen molar-refractivity contribution in [2.45, 2.75) is 19.1 Å². The van der Waals surface area contributed by atoms with E-state index in [0.717, 1.165) is 17.1 Å². The van der Waals surface area contributed by atoms with Crippen molar-refractivity contribution in [3.05, 3.63) is 28.2 Å². The largest absolute Gasteiger partial charge is 0.468 e. The molecule has 7 heteroatoms. The van der Waals surface area contributed by atoms with Crippen LogP contribution in [0.15, 0.2) is 22.7 Å². The third kappa shape index (κ3) is 3.46. The maximum Gasteiger partial charge on any atom is 0.325 e. The minimum atomic E-state index is -3.81. The quantitative estimate of drug-likeness (QED) is 0.855. The molecule has 5 nitrogen and oxygen atoms in total. The van der Waals surface area contributed by atoms with Crippen molar-refractivity contribution in [3.8, 4) is 0 Å². The highest BCUT2D eigenvalue weighted by Crippen LogP contribution is 2.22. The molecule has 1 atom stereocenters. The molecule has 18 heavy (non-hydrogen) atoms. The zero-order valence-corrected chi connectivity index (χ0v) is 12.6. The Morgan fingerprint density at radius 2 is 2.06 bits per heavy atom. The molecule has 0 aliphatic heterocycles. The average Bonchev–Trinajstić information content (AvgIpc) is 2.31. The number of esters is 1. The van der Waals surface area contributed by atoms with E-state index in [2.05, 4.69) is 25.4 Å². The Balaban J connectivity index is 3.02. The number of anilines is 1. The Hall–Kier alpha value is -1.08. The van der Waals surface area contributed by atoms with E-state index < -0.39 is 21.2 Å². The fraction of sp³-hybridized carbons (Fsp3) is 0.364. The van der Waals surface area contributed by atoms with Crippen molar-refractivity contribution in [3.63, 3.8) is 0 Å². The first-order chi connectivity index (χ1) is 8.27. The molecule has 1 aromatic rings. The lowest BCUT2D eigenvalue weighted by Crippen LogP contribution is -2.33. The van der Waals surface area contributed by atoms with Crippen molar-refractivity contribution in [1.82, 2.24) is 0 Å². The fourth-order valence-electron chi connectivity index (χ4n) is 1.24. The summed E-state index contributed by atoms with van der Waals surface area (Å²) in [5.41, 5.74) is 1.19. The molecule has 1 N–H and O–H groups in total. The van der Waals surface area contributed by atoms with Gasteiger partial charge in [-0.05, 0) is 31.5 Å². The van der Waals surface area contributed by atoms with Crippen LogP contribution in [0.1, 0.15) is 12.5 Å². The first kappa shape index (κ1) is 15.0. The van der Waals surface area contributed by atoms with Gasteiger partial charge in [0.1, 0.15) is 0 Å². The number of halogens is 1. The second-order valence-corrected chi connectivity index (χ2v) is 6.69. The van der Waals surface area contributed by atoms with E-state index in [9.17, 15) is 13.2 Å². The number of carbonyl (C=O) groups excluding carboxylic acids is 1. The summed E-state index contributed by atoms with van der Waals surface area (Å²) in [5.74, 6) is -0.796. The molecule has 0 spiro atoms. The summed E-state index contributed by atoms with van der Waals surface area (Å²) in [4.78, 5) is 11.2. The molecular weight excluding hydrogens is 322 g/mol. The number of rotatable bonds is 4. The molecule has 0 bridgehead atoms. The summed E-state index contributed by atoms with van der Waals surface area (Å²) in [6.07, 6.45) is 0. The molecule has 0 amide bonds. The first-order valence-corrected chi connectivity index (χ1v) is 7.47. The van der Waals surface area contributed by atoms with Gasteiger partial charge in [-0.1, -0.05) is 22.0 Å². The van der Waals surface area contributed by atoms with Crippen LogP contribution in [0.3, 0.4) is 0 Å². The van der Waals surface area contributed by atoms with Gasteiger partial charge in [0, 0.05) is 4.47 Å². The van der Waals surface area contributed by atoms with Gasteiger partial charge in [-0.3, -0.25) is 9.52 Å². The van der Waals surface area contributed by atoms with Crippen LogP contribution in [-0.4, -0.2) is 26.7 Å². The Labute approximate surface area is 115 Å². The van der Waals surface area contributed by atoms with Crippen LogP contribution in [-0.2, 0) is 19.6 Å². The summed E-state index contributed by atoms with van der Waals surface area (Å²) in [5, 5.41) is -1.26. The van der Waals surface area contributed by atoms with Gasteiger partial charge in [0.2, 0.25) is 10.0 Å². The van der Waals surface area contributed by atoms with Crippen LogP contribution >= 0.6 is 15.9 Å². The summed E-state index contributed by atoms with van der Waals surface area (Å²) < 4.78 is 31.4. The van der Waals surface area contributed by atoms with Gasteiger partial charge < -0.3 is 4.74 Å². The van der Waals surface area contributed by atoms with E-state index in [1.807, 2.05) is 0 Å². The number of sulfonamides is 1. The summed E-state index contributed by atoms with van der Waals surface area (Å²) in [7, 11) is -2.66. The van der Waals surface area contributed by atoms with E-state index in [1.54, 1.807) is 25.1 Å². The van der Waals surface area contributed by atoms with E-state index in [1.165, 1.54) is 6.92 Å². The Morgan fingerprint density at radius 1 is 1.44 bits per heavy atom. The maximum atomic E-state index is 11.9. The summed E-state index contributed by atoms with van der Waals surface area (Å²) >= 11 is 3.26. The molecule has 0 radical (unpaired) electrons. The van der Waals surface area contributed by atoms with E-state index >= 15 is 0 Å². The molecule has 1 unspecified atom stereocenters. The zero-order chi connectivity index (χ0) is 13.9. The molecular formula is C11H14BrNO4S. The normalized spacial score (nSPS) is 12.9. The lowest BCUT2D eigenvalue weighted by atomic mass is 10.2. The van der Waals surface area contributed by atoms with Crippen molar-refractivity contribution in [2.75, 3.05) is 11.8 Å². The Bertz CT molecular complexity index is 556. The van der Waals surface area contributed by atoms with Gasteiger partial charge >= 0.3 is 5.97 Å². The van der Waals surface area contributed by atoms with Gasteiger partial charge in [-0.2, -0.15) is 0 Å². The standard InChI is InChI=1S/C11H14BrNO4S/c1-7-4-5-9(12)6-10(7)13-18(15,16)8(2)11(14)17-3/h4-6,8,13H,1-3H3. The molecule has 0 saturated heterocycles. The van der Waals surface area contributed by atoms with Crippen molar-refractivity contribution < 1.29 is 17.9 Å². The van der Waals surface area contributed by atoms with E-state index in [4.69, 9.17) is 0 Å². The number of hydrogen-bond donors (Lipinski definition) is 1. The first-order valence-electron chi connectivity index (χ1n) is 5.13. The number of ether oxygens (including phenoxy) is 1. The molecule has 0 heterocycles. The number of aryl methyl sites for hydroxylation is 1. The van der Waals surface area contributed by atoms with Crippen molar-refractivity contribution >= 4 is 37.6 Å². The van der Waals surface area contributed by atoms with E-state index in [0.29, 0.717) is 5.69 Å². The molecule has 100 valence electrons. The van der Waals surface area contributed by atoms with Gasteiger partial charge in [0.05, 0.1) is 12.8 Å². The van der Waals surface area contributed by atoms with Crippen LogP contribution in [0.4, 0.5) is 5.69 Å². The lowest BCUT2D eigenvalue weighted by Gasteiger charge is -2.14. The van der Waals surface area contributed by atoms with Crippen molar-refractivity contribution in [1.29, 1.82) is 0 Å². The number of benzene rings is 1. The molecule has 1 aromatic carbocycles. The molecule has 0 fully saturated rings. The average molecular weight is 336 g/mol. The minimum Gasteiger partial charge on any atom is -0.468 e. The van der Waals surface area contributed by atoms with Crippen LogP contribution in [0.2, 0.25) is 0 Å². The highest BCUT2D eigenvalue weighted by Gasteiger charge is 2.29. The third-order valence-corrected chi connectivity index (χ3v) is 4.57. The van der Waals surface area contributed by atoms with Gasteiger partial charge in [0.15, 0.2) is 5.25 Å².